The van der Waals surface area contributed by atoms with Gasteiger partial charge in [0, 0.05) is 24.5 Å². The lowest BCUT2D eigenvalue weighted by atomic mass is 10.2. The zero-order valence-corrected chi connectivity index (χ0v) is 19.6. The van der Waals surface area contributed by atoms with Crippen LogP contribution in [0, 0.1) is 0 Å². The fraction of sp³-hybridized carbons (Fsp3) is 0.364. The lowest BCUT2D eigenvalue weighted by Crippen LogP contribution is -2.40. The number of esters is 1. The highest BCUT2D eigenvalue weighted by atomic mass is 32.2. The summed E-state index contributed by atoms with van der Waals surface area (Å²) in [6.07, 6.45) is 1.91. The van der Waals surface area contributed by atoms with Gasteiger partial charge in [-0.2, -0.15) is 4.31 Å². The number of carbonyl (C=O) groups is 1. The summed E-state index contributed by atoms with van der Waals surface area (Å²) >= 11 is 1.48. The number of thioether (sulfide) groups is 1. The molecule has 0 radical (unpaired) electrons. The lowest BCUT2D eigenvalue weighted by Gasteiger charge is -2.26. The first kappa shape index (κ1) is 22.8. The van der Waals surface area contributed by atoms with Crippen molar-refractivity contribution in [3.63, 3.8) is 0 Å². The van der Waals surface area contributed by atoms with E-state index in [1.165, 1.54) is 16.1 Å². The van der Waals surface area contributed by atoms with Crippen molar-refractivity contribution in [3.05, 3.63) is 53.9 Å². The van der Waals surface area contributed by atoms with Gasteiger partial charge >= 0.3 is 5.97 Å². The van der Waals surface area contributed by atoms with Crippen LogP contribution in [0.2, 0.25) is 0 Å². The molecule has 4 rings (SSSR count). The molecule has 0 N–H and O–H groups in total. The zero-order valence-electron chi connectivity index (χ0n) is 18.0. The van der Waals surface area contributed by atoms with Crippen LogP contribution in [0.4, 0.5) is 0 Å². The SMILES string of the molecule is CCn1c(COC(=O)c2ccccc2SC)nc2cc(S(=O)(=O)N3CCOCC3)ccc21. The third-order valence-electron chi connectivity index (χ3n) is 5.38. The molecule has 0 amide bonds. The molecule has 1 aromatic heterocycles. The van der Waals surface area contributed by atoms with E-state index in [0.29, 0.717) is 49.8 Å². The molecule has 0 spiro atoms. The Morgan fingerprint density at radius 2 is 1.94 bits per heavy atom. The molecule has 32 heavy (non-hydrogen) atoms. The highest BCUT2D eigenvalue weighted by Gasteiger charge is 2.27. The van der Waals surface area contributed by atoms with E-state index < -0.39 is 16.0 Å². The van der Waals surface area contributed by atoms with Crippen LogP contribution in [-0.2, 0) is 32.6 Å². The molecule has 1 saturated heterocycles. The van der Waals surface area contributed by atoms with Gasteiger partial charge in [-0.3, -0.25) is 0 Å². The number of rotatable bonds is 7. The molecule has 0 unspecified atom stereocenters. The Balaban J connectivity index is 1.59. The summed E-state index contributed by atoms with van der Waals surface area (Å²) in [4.78, 5) is 18.2. The van der Waals surface area contributed by atoms with Crippen LogP contribution >= 0.6 is 11.8 Å². The Morgan fingerprint density at radius 1 is 1.19 bits per heavy atom. The maximum atomic E-state index is 13.0. The smallest absolute Gasteiger partial charge is 0.339 e. The highest BCUT2D eigenvalue weighted by molar-refractivity contribution is 7.98. The van der Waals surface area contributed by atoms with Crippen LogP contribution in [0.1, 0.15) is 23.1 Å². The molecule has 2 heterocycles. The van der Waals surface area contributed by atoms with Gasteiger partial charge in [-0.25, -0.2) is 18.2 Å². The number of sulfonamides is 1. The van der Waals surface area contributed by atoms with Crippen LogP contribution in [0.25, 0.3) is 11.0 Å². The maximum absolute atomic E-state index is 13.0. The third-order valence-corrected chi connectivity index (χ3v) is 8.07. The van der Waals surface area contributed by atoms with Gasteiger partial charge < -0.3 is 14.0 Å². The van der Waals surface area contributed by atoms with E-state index in [2.05, 4.69) is 4.98 Å². The molecule has 0 atom stereocenters. The Kier molecular flexibility index (Phi) is 6.85. The maximum Gasteiger partial charge on any atom is 0.339 e. The van der Waals surface area contributed by atoms with Crippen molar-refractivity contribution in [3.8, 4) is 0 Å². The molecule has 1 aliphatic heterocycles. The Morgan fingerprint density at radius 3 is 2.66 bits per heavy atom. The molecule has 3 aromatic rings. The Hall–Kier alpha value is -2.40. The summed E-state index contributed by atoms with van der Waals surface area (Å²) < 4.78 is 40.1. The van der Waals surface area contributed by atoms with Gasteiger partial charge in [0.1, 0.15) is 12.4 Å². The second-order valence-corrected chi connectivity index (χ2v) is 10.0. The van der Waals surface area contributed by atoms with Gasteiger partial charge in [-0.1, -0.05) is 12.1 Å². The van der Waals surface area contributed by atoms with Crippen LogP contribution < -0.4 is 0 Å². The first-order chi connectivity index (χ1) is 15.5. The van der Waals surface area contributed by atoms with Crippen LogP contribution in [0.5, 0.6) is 0 Å². The van der Waals surface area contributed by atoms with Crippen molar-refractivity contribution in [2.75, 3.05) is 32.6 Å². The van der Waals surface area contributed by atoms with Crippen LogP contribution in [0.3, 0.4) is 0 Å². The molecule has 1 aliphatic rings. The van der Waals surface area contributed by atoms with Gasteiger partial charge in [-0.15, -0.1) is 11.8 Å². The lowest BCUT2D eigenvalue weighted by molar-refractivity contribution is 0.0454. The monoisotopic (exact) mass is 475 g/mol. The summed E-state index contributed by atoms with van der Waals surface area (Å²) in [6.45, 7) is 4.02. The molecule has 1 fully saturated rings. The van der Waals surface area contributed by atoms with E-state index in [-0.39, 0.29) is 11.5 Å². The summed E-state index contributed by atoms with van der Waals surface area (Å²) in [6, 6.07) is 12.2. The first-order valence-electron chi connectivity index (χ1n) is 10.3. The number of imidazole rings is 1. The van der Waals surface area contributed by atoms with E-state index in [1.54, 1.807) is 30.3 Å². The Bertz CT molecular complexity index is 1230. The van der Waals surface area contributed by atoms with Gasteiger partial charge in [0.25, 0.3) is 0 Å². The van der Waals surface area contributed by atoms with Gasteiger partial charge in [0.2, 0.25) is 10.0 Å². The average molecular weight is 476 g/mol. The number of aromatic nitrogens is 2. The average Bonchev–Trinajstić information content (AvgIpc) is 3.19. The number of benzene rings is 2. The molecule has 8 nitrogen and oxygen atoms in total. The summed E-state index contributed by atoms with van der Waals surface area (Å²) in [5, 5.41) is 0. The fourth-order valence-electron chi connectivity index (χ4n) is 3.74. The van der Waals surface area contributed by atoms with E-state index >= 15 is 0 Å². The second-order valence-electron chi connectivity index (χ2n) is 7.22. The molecule has 0 saturated carbocycles. The molecule has 2 aromatic carbocycles. The number of morpholine rings is 1. The van der Waals surface area contributed by atoms with Crippen molar-refractivity contribution in [1.82, 2.24) is 13.9 Å². The molecular formula is C22H25N3O5S2. The molecule has 10 heteroatoms. The largest absolute Gasteiger partial charge is 0.454 e. The number of fused-ring (bicyclic) bond motifs is 1. The van der Waals surface area contributed by atoms with Crippen molar-refractivity contribution >= 4 is 38.8 Å². The Labute approximate surface area is 191 Å². The number of aryl methyl sites for hydroxylation is 1. The molecular weight excluding hydrogens is 450 g/mol. The summed E-state index contributed by atoms with van der Waals surface area (Å²) in [5.41, 5.74) is 1.86. The van der Waals surface area contributed by atoms with E-state index in [0.717, 1.165) is 10.4 Å². The molecule has 170 valence electrons. The number of nitrogens with zero attached hydrogens (tertiary/aromatic N) is 3. The number of carbonyl (C=O) groups excluding carboxylic acids is 1. The number of ether oxygens (including phenoxy) is 2. The number of hydrogen-bond donors (Lipinski definition) is 0. The van der Waals surface area contributed by atoms with Crippen molar-refractivity contribution in [2.24, 2.45) is 0 Å². The van der Waals surface area contributed by atoms with Crippen molar-refractivity contribution < 1.29 is 22.7 Å². The van der Waals surface area contributed by atoms with Crippen LogP contribution in [-0.4, -0.2) is 60.8 Å². The van der Waals surface area contributed by atoms with E-state index in [1.807, 2.05) is 29.9 Å². The van der Waals surface area contributed by atoms with Gasteiger partial charge in [-0.05, 0) is 43.5 Å². The predicted molar refractivity (Wildman–Crippen MR) is 122 cm³/mol. The first-order valence-corrected chi connectivity index (χ1v) is 13.0. The van der Waals surface area contributed by atoms with Crippen LogP contribution in [0.15, 0.2) is 52.3 Å². The summed E-state index contributed by atoms with van der Waals surface area (Å²) in [7, 11) is -3.62. The van der Waals surface area contributed by atoms with Gasteiger partial charge in [0.05, 0.1) is 34.7 Å². The zero-order chi connectivity index (χ0) is 22.7. The van der Waals surface area contributed by atoms with E-state index in [4.69, 9.17) is 9.47 Å². The topological polar surface area (TPSA) is 90.7 Å². The minimum atomic E-state index is -3.62. The fourth-order valence-corrected chi connectivity index (χ4v) is 5.75. The minimum Gasteiger partial charge on any atom is -0.454 e. The van der Waals surface area contributed by atoms with Crippen molar-refractivity contribution in [1.29, 1.82) is 0 Å². The van der Waals surface area contributed by atoms with Crippen molar-refractivity contribution in [2.45, 2.75) is 29.9 Å². The normalized spacial score (nSPS) is 15.2. The summed E-state index contributed by atoms with van der Waals surface area (Å²) in [5.74, 6) is 0.152. The third kappa shape index (κ3) is 4.40. The number of hydrogen-bond acceptors (Lipinski definition) is 7. The van der Waals surface area contributed by atoms with Gasteiger partial charge in [0.15, 0.2) is 0 Å². The standard InChI is InChI=1S/C22H25N3O5S2/c1-3-25-19-9-8-16(32(27,28)24-10-12-29-13-11-24)14-18(19)23-21(25)15-30-22(26)17-6-4-5-7-20(17)31-2/h4-9,14H,3,10-13,15H2,1-2H3. The minimum absolute atomic E-state index is 0.00435. The predicted octanol–water partition coefficient (Wildman–Crippen LogP) is 3.16. The molecule has 0 bridgehead atoms. The highest BCUT2D eigenvalue weighted by Crippen LogP contribution is 2.25. The second kappa shape index (κ2) is 9.62. The van der Waals surface area contributed by atoms with E-state index in [9.17, 15) is 13.2 Å². The quantitative estimate of drug-likeness (QED) is 0.383. The molecule has 0 aliphatic carbocycles.